The molecule has 236 valence electrons. The molecule has 1 atom stereocenters. The van der Waals surface area contributed by atoms with Gasteiger partial charge in [0.25, 0.3) is 0 Å². The van der Waals surface area contributed by atoms with Gasteiger partial charge in [-0.05, 0) is 76.8 Å². The molecule has 0 spiro atoms. The predicted octanol–water partition coefficient (Wildman–Crippen LogP) is 5.86. The summed E-state index contributed by atoms with van der Waals surface area (Å²) in [4.78, 5) is 45.8. The van der Waals surface area contributed by atoms with Crippen LogP contribution in [0.2, 0.25) is 0 Å². The minimum absolute atomic E-state index is 0.0433. The summed E-state index contributed by atoms with van der Waals surface area (Å²) in [7, 11) is 1.24. The van der Waals surface area contributed by atoms with Gasteiger partial charge in [0.2, 0.25) is 5.89 Å². The summed E-state index contributed by atoms with van der Waals surface area (Å²) >= 11 is 0. The number of nitrogens with zero attached hydrogens (tertiary/aromatic N) is 2. The van der Waals surface area contributed by atoms with Crippen molar-refractivity contribution in [2.45, 2.75) is 65.4 Å². The summed E-state index contributed by atoms with van der Waals surface area (Å²) in [5, 5.41) is 2.60. The van der Waals surface area contributed by atoms with Crippen LogP contribution in [0.1, 0.15) is 78.9 Å². The van der Waals surface area contributed by atoms with Crippen molar-refractivity contribution in [2.75, 3.05) is 13.7 Å². The second-order valence-electron chi connectivity index (χ2n) is 11.0. The van der Waals surface area contributed by atoms with Crippen LogP contribution in [0.3, 0.4) is 0 Å². The number of alkyl carbamates (subject to hydrolysis) is 1. The highest BCUT2D eigenvalue weighted by atomic mass is 19.3. The molecular weight excluding hydrogens is 584 g/mol. The molecule has 2 heterocycles. The van der Waals surface area contributed by atoms with Gasteiger partial charge in [-0.25, -0.2) is 19.4 Å². The van der Waals surface area contributed by atoms with Crippen molar-refractivity contribution in [3.05, 3.63) is 59.2 Å². The number of halogens is 2. The molecule has 0 bridgehead atoms. The van der Waals surface area contributed by atoms with Crippen LogP contribution in [0.5, 0.6) is 11.5 Å². The van der Waals surface area contributed by atoms with Crippen molar-refractivity contribution in [3.63, 3.8) is 0 Å². The zero-order valence-electron chi connectivity index (χ0n) is 24.8. The summed E-state index contributed by atoms with van der Waals surface area (Å²) in [5.74, 6) is -1.35. The molecule has 12 nitrogen and oxygen atoms in total. The third kappa shape index (κ3) is 8.88. The lowest BCUT2D eigenvalue weighted by Gasteiger charge is -2.21. The quantitative estimate of drug-likeness (QED) is 0.193. The highest BCUT2D eigenvalue weighted by Gasteiger charge is 2.29. The number of carbonyl (C=O) groups excluding carboxylic acids is 3. The van der Waals surface area contributed by atoms with Crippen molar-refractivity contribution in [1.82, 2.24) is 15.3 Å². The minimum atomic E-state index is -3.07. The molecule has 0 radical (unpaired) electrons. The minimum Gasteiger partial charge on any atom is -0.489 e. The lowest BCUT2D eigenvalue weighted by atomic mass is 10.2. The van der Waals surface area contributed by atoms with E-state index in [0.29, 0.717) is 23.8 Å². The number of aromatic nitrogens is 2. The number of ether oxygens (including phenoxy) is 5. The summed E-state index contributed by atoms with van der Waals surface area (Å²) in [6, 6.07) is 6.19. The Hall–Kier alpha value is -4.75. The van der Waals surface area contributed by atoms with Gasteiger partial charge in [0.15, 0.2) is 23.0 Å². The summed E-state index contributed by atoms with van der Waals surface area (Å²) in [6.07, 6.45) is 2.48. The fourth-order valence-corrected chi connectivity index (χ4v) is 3.84. The van der Waals surface area contributed by atoms with Crippen LogP contribution in [0, 0.1) is 5.92 Å². The molecule has 1 fully saturated rings. The molecule has 44 heavy (non-hydrogen) atoms. The Morgan fingerprint density at radius 2 is 1.84 bits per heavy atom. The number of hydrogen-bond acceptors (Lipinski definition) is 11. The van der Waals surface area contributed by atoms with Crippen LogP contribution in [0.4, 0.5) is 13.6 Å². The Bertz CT molecular complexity index is 1480. The third-order valence-corrected chi connectivity index (χ3v) is 6.15. The standard InChI is InChI=1S/C30H33F2N3O9/c1-16(34-29(38)44-30(2,3)4)24-23(27(37)41-15-20-10-8-19(13-33-20)26(36)39-5)35-25(43-24)18-9-11-21(42-28(31)32)22(12-18)40-14-17-6-7-17/h8-13,16-17,28H,6-7,14-15H2,1-5H3,(H,34,38)/t16-/m0/s1. The maximum absolute atomic E-state index is 13.2. The number of alkyl halides is 2. The van der Waals surface area contributed by atoms with Gasteiger partial charge in [0.05, 0.1) is 31.0 Å². The fourth-order valence-electron chi connectivity index (χ4n) is 3.84. The number of rotatable bonds is 12. The molecular formula is C30H33F2N3O9. The second-order valence-corrected chi connectivity index (χ2v) is 11.0. The van der Waals surface area contributed by atoms with E-state index >= 15 is 0 Å². The lowest BCUT2D eigenvalue weighted by Crippen LogP contribution is -2.34. The van der Waals surface area contributed by atoms with Crippen LogP contribution < -0.4 is 14.8 Å². The number of nitrogens with one attached hydrogen (secondary N) is 1. The van der Waals surface area contributed by atoms with Gasteiger partial charge in [-0.3, -0.25) is 4.98 Å². The molecule has 2 aromatic heterocycles. The number of hydrogen-bond donors (Lipinski definition) is 1. The van der Waals surface area contributed by atoms with Crippen molar-refractivity contribution < 1.29 is 51.3 Å². The fraction of sp³-hybridized carbons (Fsp3) is 0.433. The Morgan fingerprint density at radius 1 is 1.09 bits per heavy atom. The summed E-state index contributed by atoms with van der Waals surface area (Å²) in [6.45, 7) is 3.64. The predicted molar refractivity (Wildman–Crippen MR) is 149 cm³/mol. The molecule has 3 aromatic rings. The van der Waals surface area contributed by atoms with E-state index in [-0.39, 0.29) is 41.0 Å². The monoisotopic (exact) mass is 617 g/mol. The Morgan fingerprint density at radius 3 is 2.45 bits per heavy atom. The van der Waals surface area contributed by atoms with E-state index in [1.165, 1.54) is 43.6 Å². The molecule has 1 aliphatic carbocycles. The topological polar surface area (TPSA) is 148 Å². The first-order chi connectivity index (χ1) is 20.8. The first kappa shape index (κ1) is 32.2. The van der Waals surface area contributed by atoms with Crippen molar-refractivity contribution >= 4 is 18.0 Å². The zero-order valence-corrected chi connectivity index (χ0v) is 24.8. The van der Waals surface area contributed by atoms with E-state index in [1.807, 2.05) is 0 Å². The summed E-state index contributed by atoms with van der Waals surface area (Å²) in [5.41, 5.74) is -0.180. The number of benzene rings is 1. The third-order valence-electron chi connectivity index (χ3n) is 6.15. The van der Waals surface area contributed by atoms with E-state index in [0.717, 1.165) is 12.8 Å². The normalized spacial score (nSPS) is 13.6. The Balaban J connectivity index is 1.61. The van der Waals surface area contributed by atoms with Gasteiger partial charge in [-0.15, -0.1) is 0 Å². The van der Waals surface area contributed by atoms with Gasteiger partial charge in [-0.1, -0.05) is 0 Å². The SMILES string of the molecule is COC(=O)c1ccc(COC(=O)c2nc(-c3ccc(OC(F)F)c(OCC4CC4)c3)oc2[C@H](C)NC(=O)OC(C)(C)C)nc1. The van der Waals surface area contributed by atoms with Gasteiger partial charge < -0.3 is 33.4 Å². The van der Waals surface area contributed by atoms with Crippen LogP contribution >= 0.6 is 0 Å². The van der Waals surface area contributed by atoms with E-state index < -0.39 is 36.3 Å². The average molecular weight is 618 g/mol. The molecule has 1 amide bonds. The molecule has 0 saturated heterocycles. The Kier molecular flexibility index (Phi) is 10.0. The van der Waals surface area contributed by atoms with Crippen molar-refractivity contribution in [3.8, 4) is 23.0 Å². The molecule has 1 aromatic carbocycles. The van der Waals surface area contributed by atoms with Crippen LogP contribution in [-0.4, -0.2) is 53.9 Å². The second kappa shape index (κ2) is 13.7. The average Bonchev–Trinajstić information content (AvgIpc) is 3.68. The molecule has 1 aliphatic rings. The zero-order chi connectivity index (χ0) is 32.0. The van der Waals surface area contributed by atoms with Gasteiger partial charge in [0.1, 0.15) is 12.2 Å². The van der Waals surface area contributed by atoms with E-state index in [1.54, 1.807) is 27.7 Å². The Labute approximate surface area is 252 Å². The highest BCUT2D eigenvalue weighted by molar-refractivity contribution is 5.90. The van der Waals surface area contributed by atoms with Gasteiger partial charge in [-0.2, -0.15) is 8.78 Å². The first-order valence-electron chi connectivity index (χ1n) is 13.8. The largest absolute Gasteiger partial charge is 0.489 e. The van der Waals surface area contributed by atoms with Crippen LogP contribution in [0.15, 0.2) is 40.9 Å². The molecule has 4 rings (SSSR count). The van der Waals surface area contributed by atoms with Gasteiger partial charge in [0, 0.05) is 11.8 Å². The maximum atomic E-state index is 13.2. The molecule has 0 unspecified atom stereocenters. The first-order valence-corrected chi connectivity index (χ1v) is 13.8. The maximum Gasteiger partial charge on any atom is 0.408 e. The summed E-state index contributed by atoms with van der Waals surface area (Å²) < 4.78 is 57.7. The number of esters is 2. The number of methoxy groups -OCH3 is 1. The number of oxazole rings is 1. The number of pyridine rings is 1. The van der Waals surface area contributed by atoms with Crippen molar-refractivity contribution in [2.24, 2.45) is 5.92 Å². The van der Waals surface area contributed by atoms with Gasteiger partial charge >= 0.3 is 24.6 Å². The molecule has 1 saturated carbocycles. The smallest absolute Gasteiger partial charge is 0.408 e. The van der Waals surface area contributed by atoms with Crippen molar-refractivity contribution in [1.29, 1.82) is 0 Å². The van der Waals surface area contributed by atoms with E-state index in [2.05, 4.69) is 24.8 Å². The van der Waals surface area contributed by atoms with E-state index in [9.17, 15) is 23.2 Å². The molecule has 0 aliphatic heterocycles. The highest BCUT2D eigenvalue weighted by Crippen LogP contribution is 2.37. The van der Waals surface area contributed by atoms with Crippen LogP contribution in [-0.2, 0) is 20.8 Å². The molecule has 14 heteroatoms. The lowest BCUT2D eigenvalue weighted by molar-refractivity contribution is -0.0515. The molecule has 1 N–H and O–H groups in total. The number of carbonyl (C=O) groups is 3. The number of amides is 1. The van der Waals surface area contributed by atoms with Crippen LogP contribution in [0.25, 0.3) is 11.5 Å². The van der Waals surface area contributed by atoms with E-state index in [4.69, 9.17) is 18.6 Å².